The Balaban J connectivity index is 1.78. The number of aryl methyl sites for hydroxylation is 2. The number of hydrogen-bond acceptors (Lipinski definition) is 6. The Kier molecular flexibility index (Phi) is 3.90. The number of nitrogens with zero attached hydrogens (tertiary/aromatic N) is 7. The van der Waals surface area contributed by atoms with Gasteiger partial charge in [-0.25, -0.2) is 9.50 Å². The molecule has 4 aromatic rings. The standard InChI is InChI=1S/C19H22N8O/c1-12-9-22-25(3)18(12)14-8-17(26-6-7-28-11-13(26)2)24-27-16(14)10-20-19(27)15-4-5-21-23-15/h4-5,8-10,13H,6-7,11H2,1-3H3,(H,21,23). The minimum atomic E-state index is 0.248. The lowest BCUT2D eigenvalue weighted by atomic mass is 10.1. The number of hydrogen-bond donors (Lipinski definition) is 1. The predicted octanol–water partition coefficient (Wildman–Crippen LogP) is 2.05. The summed E-state index contributed by atoms with van der Waals surface area (Å²) in [6, 6.07) is 4.29. The molecule has 0 saturated carbocycles. The van der Waals surface area contributed by atoms with E-state index in [1.807, 2.05) is 34.7 Å². The molecule has 1 unspecified atom stereocenters. The van der Waals surface area contributed by atoms with Crippen LogP contribution in [-0.4, -0.2) is 60.4 Å². The molecule has 1 aliphatic heterocycles. The summed E-state index contributed by atoms with van der Waals surface area (Å²) in [5.74, 6) is 1.63. The number of H-pyrrole nitrogens is 1. The maximum absolute atomic E-state index is 5.61. The van der Waals surface area contributed by atoms with Gasteiger partial charge in [0.25, 0.3) is 0 Å². The van der Waals surface area contributed by atoms with Crippen molar-refractivity contribution in [3.8, 4) is 22.8 Å². The van der Waals surface area contributed by atoms with Gasteiger partial charge in [0.1, 0.15) is 5.69 Å². The van der Waals surface area contributed by atoms with Crippen LogP contribution in [0.5, 0.6) is 0 Å². The molecule has 0 aromatic carbocycles. The molecule has 5 heterocycles. The summed E-state index contributed by atoms with van der Waals surface area (Å²) in [7, 11) is 1.96. The van der Waals surface area contributed by atoms with Crippen LogP contribution >= 0.6 is 0 Å². The van der Waals surface area contributed by atoms with Crippen molar-refractivity contribution in [1.82, 2.24) is 34.6 Å². The second-order valence-corrected chi connectivity index (χ2v) is 7.18. The first-order valence-corrected chi connectivity index (χ1v) is 9.35. The molecule has 0 radical (unpaired) electrons. The normalized spacial score (nSPS) is 17.5. The zero-order valence-corrected chi connectivity index (χ0v) is 16.1. The second kappa shape index (κ2) is 6.45. The van der Waals surface area contributed by atoms with Crippen LogP contribution in [0.2, 0.25) is 0 Å². The molecule has 1 atom stereocenters. The highest BCUT2D eigenvalue weighted by molar-refractivity contribution is 5.83. The summed E-state index contributed by atoms with van der Waals surface area (Å²) in [5, 5.41) is 16.4. The van der Waals surface area contributed by atoms with Gasteiger partial charge >= 0.3 is 0 Å². The van der Waals surface area contributed by atoms with Crippen LogP contribution in [0.3, 0.4) is 0 Å². The predicted molar refractivity (Wildman–Crippen MR) is 105 cm³/mol. The fourth-order valence-electron chi connectivity index (χ4n) is 3.86. The van der Waals surface area contributed by atoms with Crippen LogP contribution in [0.25, 0.3) is 28.3 Å². The summed E-state index contributed by atoms with van der Waals surface area (Å²) < 4.78 is 9.41. The first kappa shape index (κ1) is 16.9. The molecule has 28 heavy (non-hydrogen) atoms. The van der Waals surface area contributed by atoms with Gasteiger partial charge < -0.3 is 9.64 Å². The third-order valence-corrected chi connectivity index (χ3v) is 5.27. The first-order chi connectivity index (χ1) is 13.6. The second-order valence-electron chi connectivity index (χ2n) is 7.18. The minimum absolute atomic E-state index is 0.248. The molecule has 0 amide bonds. The zero-order chi connectivity index (χ0) is 19.3. The number of fused-ring (bicyclic) bond motifs is 1. The summed E-state index contributed by atoms with van der Waals surface area (Å²) in [4.78, 5) is 6.92. The number of imidazole rings is 1. The lowest BCUT2D eigenvalue weighted by Crippen LogP contribution is -2.44. The van der Waals surface area contributed by atoms with Gasteiger partial charge in [-0.2, -0.15) is 10.2 Å². The van der Waals surface area contributed by atoms with Gasteiger partial charge in [-0.1, -0.05) is 0 Å². The SMILES string of the molecule is Cc1cnn(C)c1-c1cc(N2CCOCC2C)nn2c(-c3ccn[nH]3)ncc12. The largest absolute Gasteiger partial charge is 0.377 e. The highest BCUT2D eigenvalue weighted by atomic mass is 16.5. The van der Waals surface area contributed by atoms with E-state index in [-0.39, 0.29) is 6.04 Å². The quantitative estimate of drug-likeness (QED) is 0.587. The topological polar surface area (TPSA) is 89.2 Å². The fraction of sp³-hybridized carbons (Fsp3) is 0.368. The Morgan fingerprint density at radius 1 is 1.29 bits per heavy atom. The van der Waals surface area contributed by atoms with Gasteiger partial charge in [-0.15, -0.1) is 5.10 Å². The maximum atomic E-state index is 5.61. The van der Waals surface area contributed by atoms with Crippen molar-refractivity contribution in [3.63, 3.8) is 0 Å². The average molecular weight is 378 g/mol. The van der Waals surface area contributed by atoms with E-state index in [1.54, 1.807) is 6.20 Å². The number of rotatable bonds is 3. The van der Waals surface area contributed by atoms with Crippen molar-refractivity contribution in [2.45, 2.75) is 19.9 Å². The van der Waals surface area contributed by atoms with E-state index in [4.69, 9.17) is 9.84 Å². The lowest BCUT2D eigenvalue weighted by molar-refractivity contribution is 0.0984. The summed E-state index contributed by atoms with van der Waals surface area (Å²) >= 11 is 0. The van der Waals surface area contributed by atoms with E-state index >= 15 is 0 Å². The molecule has 1 N–H and O–H groups in total. The number of anilines is 1. The van der Waals surface area contributed by atoms with Crippen LogP contribution in [0, 0.1) is 6.92 Å². The maximum Gasteiger partial charge on any atom is 0.179 e. The Labute approximate surface area is 161 Å². The summed E-state index contributed by atoms with van der Waals surface area (Å²) in [5.41, 5.74) is 4.99. The van der Waals surface area contributed by atoms with Crippen molar-refractivity contribution in [1.29, 1.82) is 0 Å². The summed E-state index contributed by atoms with van der Waals surface area (Å²) in [6.45, 7) is 6.42. The molecule has 0 spiro atoms. The molecule has 1 aliphatic rings. The Morgan fingerprint density at radius 3 is 2.89 bits per heavy atom. The molecule has 1 saturated heterocycles. The molecule has 9 heteroatoms. The summed E-state index contributed by atoms with van der Waals surface area (Å²) in [6.07, 6.45) is 5.46. The Morgan fingerprint density at radius 2 is 2.18 bits per heavy atom. The Hall–Kier alpha value is -3.20. The van der Waals surface area contributed by atoms with Crippen LogP contribution in [0.4, 0.5) is 5.82 Å². The highest BCUT2D eigenvalue weighted by Gasteiger charge is 2.24. The van der Waals surface area contributed by atoms with Crippen LogP contribution in [0.15, 0.2) is 30.7 Å². The van der Waals surface area contributed by atoms with E-state index in [0.717, 1.165) is 46.2 Å². The van der Waals surface area contributed by atoms with Crippen molar-refractivity contribution in [3.05, 3.63) is 36.3 Å². The van der Waals surface area contributed by atoms with Crippen LogP contribution in [0.1, 0.15) is 12.5 Å². The van der Waals surface area contributed by atoms with Gasteiger partial charge in [-0.05, 0) is 31.5 Å². The van der Waals surface area contributed by atoms with E-state index < -0.39 is 0 Å². The number of ether oxygens (including phenoxy) is 1. The molecular formula is C19H22N8O. The number of aromatic nitrogens is 7. The van der Waals surface area contributed by atoms with E-state index in [1.165, 1.54) is 0 Å². The molecule has 1 fully saturated rings. The highest BCUT2D eigenvalue weighted by Crippen LogP contribution is 2.32. The average Bonchev–Trinajstić information content (AvgIpc) is 3.42. The number of morpholine rings is 1. The first-order valence-electron chi connectivity index (χ1n) is 9.35. The van der Waals surface area contributed by atoms with Gasteiger partial charge in [-0.3, -0.25) is 9.78 Å². The Bertz CT molecular complexity index is 1110. The molecular weight excluding hydrogens is 356 g/mol. The van der Waals surface area contributed by atoms with Gasteiger partial charge in [0, 0.05) is 25.4 Å². The van der Waals surface area contributed by atoms with Crippen molar-refractivity contribution >= 4 is 11.3 Å². The molecule has 4 aromatic heterocycles. The van der Waals surface area contributed by atoms with E-state index in [0.29, 0.717) is 13.2 Å². The number of nitrogens with one attached hydrogen (secondary N) is 1. The molecule has 0 bridgehead atoms. The zero-order valence-electron chi connectivity index (χ0n) is 16.1. The van der Waals surface area contributed by atoms with Crippen molar-refractivity contribution < 1.29 is 4.74 Å². The van der Waals surface area contributed by atoms with Gasteiger partial charge in [0.15, 0.2) is 11.6 Å². The molecule has 9 nitrogen and oxygen atoms in total. The third-order valence-electron chi connectivity index (χ3n) is 5.27. The van der Waals surface area contributed by atoms with Gasteiger partial charge in [0.05, 0.1) is 42.9 Å². The van der Waals surface area contributed by atoms with Crippen molar-refractivity contribution in [2.24, 2.45) is 7.05 Å². The monoisotopic (exact) mass is 378 g/mol. The lowest BCUT2D eigenvalue weighted by Gasteiger charge is -2.34. The number of aromatic amines is 1. The van der Waals surface area contributed by atoms with E-state index in [9.17, 15) is 0 Å². The third kappa shape index (κ3) is 2.58. The molecule has 0 aliphatic carbocycles. The van der Waals surface area contributed by atoms with Crippen molar-refractivity contribution in [2.75, 3.05) is 24.7 Å². The van der Waals surface area contributed by atoms with E-state index in [2.05, 4.69) is 45.1 Å². The van der Waals surface area contributed by atoms with Gasteiger partial charge in [0.2, 0.25) is 0 Å². The molecule has 5 rings (SSSR count). The van der Waals surface area contributed by atoms with Crippen LogP contribution < -0.4 is 4.90 Å². The minimum Gasteiger partial charge on any atom is -0.377 e. The van der Waals surface area contributed by atoms with Crippen LogP contribution in [-0.2, 0) is 11.8 Å². The molecule has 144 valence electrons. The fourth-order valence-corrected chi connectivity index (χ4v) is 3.86. The smallest absolute Gasteiger partial charge is 0.179 e.